The molecule has 0 spiro atoms. The van der Waals surface area contributed by atoms with Gasteiger partial charge in [-0.15, -0.1) is 0 Å². The number of fused-ring (bicyclic) bond motifs is 1. The molecule has 130 valence electrons. The topological polar surface area (TPSA) is 76.1 Å². The van der Waals surface area contributed by atoms with Gasteiger partial charge in [-0.2, -0.15) is 0 Å². The summed E-state index contributed by atoms with van der Waals surface area (Å²) in [6, 6.07) is 5.69. The van der Waals surface area contributed by atoms with Crippen molar-refractivity contribution in [3.63, 3.8) is 0 Å². The number of aliphatic carboxylic acids is 1. The van der Waals surface area contributed by atoms with Gasteiger partial charge in [0.1, 0.15) is 0 Å². The molecule has 2 aliphatic rings. The Bertz CT molecular complexity index is 642. The molecule has 0 bridgehead atoms. The van der Waals surface area contributed by atoms with Crippen molar-refractivity contribution in [2.24, 2.45) is 17.8 Å². The molecule has 3 rings (SSSR count). The average Bonchev–Trinajstić information content (AvgIpc) is 3.18. The van der Waals surface area contributed by atoms with Crippen molar-refractivity contribution >= 4 is 11.9 Å². The second-order valence-corrected chi connectivity index (χ2v) is 6.84. The van der Waals surface area contributed by atoms with Crippen LogP contribution in [0.2, 0.25) is 0 Å². The van der Waals surface area contributed by atoms with Crippen molar-refractivity contribution in [3.8, 4) is 11.5 Å². The lowest BCUT2D eigenvalue weighted by Crippen LogP contribution is -2.30. The number of carboxylic acid groups (broad SMARTS) is 1. The number of likely N-dealkylation sites (tertiary alicyclic amines) is 1. The van der Waals surface area contributed by atoms with Crippen molar-refractivity contribution in [2.75, 3.05) is 19.9 Å². The molecule has 6 nitrogen and oxygen atoms in total. The number of carbonyl (C=O) groups excluding carboxylic acids is 1. The molecule has 2 aliphatic heterocycles. The summed E-state index contributed by atoms with van der Waals surface area (Å²) in [5, 5.41) is 9.37. The van der Waals surface area contributed by atoms with Gasteiger partial charge >= 0.3 is 5.97 Å². The van der Waals surface area contributed by atoms with Gasteiger partial charge in [-0.05, 0) is 36.0 Å². The van der Waals surface area contributed by atoms with E-state index in [9.17, 15) is 14.7 Å². The normalized spacial score (nSPS) is 22.2. The molecular weight excluding hydrogens is 310 g/mol. The first kappa shape index (κ1) is 16.6. The number of ether oxygens (including phenoxy) is 2. The van der Waals surface area contributed by atoms with Gasteiger partial charge in [0.2, 0.25) is 12.7 Å². The summed E-state index contributed by atoms with van der Waals surface area (Å²) in [6.45, 7) is 5.12. The number of hydrogen-bond donors (Lipinski definition) is 1. The van der Waals surface area contributed by atoms with E-state index in [1.165, 1.54) is 0 Å². The van der Waals surface area contributed by atoms with Crippen LogP contribution in [-0.2, 0) is 16.0 Å². The predicted octanol–water partition coefficient (Wildman–Crippen LogP) is 2.16. The van der Waals surface area contributed by atoms with Crippen LogP contribution in [0.3, 0.4) is 0 Å². The van der Waals surface area contributed by atoms with Gasteiger partial charge in [0, 0.05) is 19.5 Å². The Morgan fingerprint density at radius 3 is 2.67 bits per heavy atom. The van der Waals surface area contributed by atoms with E-state index in [2.05, 4.69) is 0 Å². The van der Waals surface area contributed by atoms with E-state index in [0.717, 1.165) is 11.3 Å². The van der Waals surface area contributed by atoms with Crippen LogP contribution in [0.15, 0.2) is 18.2 Å². The summed E-state index contributed by atoms with van der Waals surface area (Å²) in [7, 11) is 0. The highest BCUT2D eigenvalue weighted by Gasteiger charge is 2.40. The molecule has 1 N–H and O–H groups in total. The minimum Gasteiger partial charge on any atom is -0.481 e. The fourth-order valence-electron chi connectivity index (χ4n) is 3.48. The van der Waals surface area contributed by atoms with Gasteiger partial charge in [-0.25, -0.2) is 0 Å². The van der Waals surface area contributed by atoms with Gasteiger partial charge in [-0.1, -0.05) is 19.9 Å². The third-order valence-electron chi connectivity index (χ3n) is 4.96. The van der Waals surface area contributed by atoms with Crippen molar-refractivity contribution in [2.45, 2.75) is 26.7 Å². The monoisotopic (exact) mass is 333 g/mol. The first-order chi connectivity index (χ1) is 11.5. The number of rotatable bonds is 5. The minimum absolute atomic E-state index is 0.0158. The van der Waals surface area contributed by atoms with Crippen molar-refractivity contribution in [1.82, 2.24) is 4.90 Å². The maximum absolute atomic E-state index is 12.5. The molecule has 0 radical (unpaired) electrons. The molecule has 1 amide bonds. The first-order valence-corrected chi connectivity index (χ1v) is 8.35. The third-order valence-corrected chi connectivity index (χ3v) is 4.96. The number of aryl methyl sites for hydroxylation is 1. The zero-order valence-corrected chi connectivity index (χ0v) is 14.0. The van der Waals surface area contributed by atoms with Crippen LogP contribution in [0.1, 0.15) is 25.8 Å². The zero-order chi connectivity index (χ0) is 17.3. The zero-order valence-electron chi connectivity index (χ0n) is 14.0. The van der Waals surface area contributed by atoms with Gasteiger partial charge in [0.05, 0.1) is 5.92 Å². The van der Waals surface area contributed by atoms with E-state index in [0.29, 0.717) is 31.7 Å². The number of hydrogen-bond acceptors (Lipinski definition) is 4. The molecule has 24 heavy (non-hydrogen) atoms. The van der Waals surface area contributed by atoms with Gasteiger partial charge in [0.15, 0.2) is 11.5 Å². The summed E-state index contributed by atoms with van der Waals surface area (Å²) in [4.78, 5) is 25.6. The Labute approximate surface area is 141 Å². The molecule has 0 saturated carbocycles. The van der Waals surface area contributed by atoms with Gasteiger partial charge < -0.3 is 19.5 Å². The minimum atomic E-state index is -0.806. The molecule has 6 heteroatoms. The highest BCUT2D eigenvalue weighted by molar-refractivity contribution is 5.79. The van der Waals surface area contributed by atoms with E-state index in [4.69, 9.17) is 9.47 Å². The van der Waals surface area contributed by atoms with Crippen molar-refractivity contribution < 1.29 is 24.2 Å². The number of amides is 1. The fourth-order valence-corrected chi connectivity index (χ4v) is 3.48. The summed E-state index contributed by atoms with van der Waals surface area (Å²) < 4.78 is 10.6. The molecular formula is C18H23NO5. The second kappa shape index (κ2) is 6.71. The van der Waals surface area contributed by atoms with E-state index in [1.807, 2.05) is 32.0 Å². The van der Waals surface area contributed by atoms with Gasteiger partial charge in [0.25, 0.3) is 0 Å². The predicted molar refractivity (Wildman–Crippen MR) is 86.9 cm³/mol. The van der Waals surface area contributed by atoms with Crippen LogP contribution >= 0.6 is 0 Å². The third kappa shape index (κ3) is 3.32. The van der Waals surface area contributed by atoms with Crippen molar-refractivity contribution in [1.29, 1.82) is 0 Å². The second-order valence-electron chi connectivity index (χ2n) is 6.84. The van der Waals surface area contributed by atoms with Crippen LogP contribution in [0.4, 0.5) is 0 Å². The lowest BCUT2D eigenvalue weighted by Gasteiger charge is -2.18. The Balaban J connectivity index is 1.58. The summed E-state index contributed by atoms with van der Waals surface area (Å²) >= 11 is 0. The summed E-state index contributed by atoms with van der Waals surface area (Å²) in [6.07, 6.45) is 0.979. The van der Waals surface area contributed by atoms with Gasteiger partial charge in [-0.3, -0.25) is 9.59 Å². The smallest absolute Gasteiger partial charge is 0.308 e. The SMILES string of the molecule is CC(C)[C@@H]1CN(C(=O)CCc2ccc3c(c2)OCO3)C[C@H]1C(=O)O. The number of carbonyl (C=O) groups is 2. The molecule has 2 heterocycles. The largest absolute Gasteiger partial charge is 0.481 e. The van der Waals surface area contributed by atoms with Crippen LogP contribution < -0.4 is 9.47 Å². The van der Waals surface area contributed by atoms with Crippen LogP contribution in [0.25, 0.3) is 0 Å². The molecule has 1 saturated heterocycles. The molecule has 0 aromatic heterocycles. The van der Waals surface area contributed by atoms with E-state index in [1.54, 1.807) is 4.90 Å². The maximum Gasteiger partial charge on any atom is 0.308 e. The van der Waals surface area contributed by atoms with E-state index < -0.39 is 11.9 Å². The molecule has 2 atom stereocenters. The van der Waals surface area contributed by atoms with Crippen LogP contribution in [0.5, 0.6) is 11.5 Å². The number of benzene rings is 1. The average molecular weight is 333 g/mol. The Morgan fingerprint density at radius 2 is 2.00 bits per heavy atom. The number of carboxylic acids is 1. The lowest BCUT2D eigenvalue weighted by atomic mass is 9.86. The summed E-state index contributed by atoms with van der Waals surface area (Å²) in [5.41, 5.74) is 1.02. The van der Waals surface area contributed by atoms with Crippen molar-refractivity contribution in [3.05, 3.63) is 23.8 Å². The fraction of sp³-hybridized carbons (Fsp3) is 0.556. The molecule has 0 unspecified atom stereocenters. The quantitative estimate of drug-likeness (QED) is 0.894. The maximum atomic E-state index is 12.5. The Morgan fingerprint density at radius 1 is 1.25 bits per heavy atom. The first-order valence-electron chi connectivity index (χ1n) is 8.35. The van der Waals surface area contributed by atoms with Crippen LogP contribution in [0, 0.1) is 17.8 Å². The Hall–Kier alpha value is -2.24. The molecule has 1 fully saturated rings. The molecule has 1 aromatic rings. The lowest BCUT2D eigenvalue weighted by molar-refractivity contribution is -0.143. The summed E-state index contributed by atoms with van der Waals surface area (Å²) in [5.74, 6) is 0.469. The molecule has 1 aromatic carbocycles. The Kier molecular flexibility index (Phi) is 4.64. The van der Waals surface area contributed by atoms with Crippen LogP contribution in [-0.4, -0.2) is 41.8 Å². The molecule has 0 aliphatic carbocycles. The number of nitrogens with zero attached hydrogens (tertiary/aromatic N) is 1. The standard InChI is InChI=1S/C18H23NO5/c1-11(2)13-8-19(9-14(13)18(21)22)17(20)6-4-12-3-5-15-16(7-12)24-10-23-15/h3,5,7,11,13-14H,4,6,8-10H2,1-2H3,(H,21,22)/t13-,14+/m0/s1. The highest BCUT2D eigenvalue weighted by Crippen LogP contribution is 2.33. The van der Waals surface area contributed by atoms with E-state index >= 15 is 0 Å². The highest BCUT2D eigenvalue weighted by atomic mass is 16.7. The van der Waals surface area contributed by atoms with E-state index in [-0.39, 0.29) is 24.5 Å².